The first kappa shape index (κ1) is 19.2. The zero-order valence-electron chi connectivity index (χ0n) is 15.7. The van der Waals surface area contributed by atoms with Crippen LogP contribution in [-0.2, 0) is 14.8 Å². The molecule has 2 aromatic carbocycles. The number of ether oxygens (including phenoxy) is 1. The highest BCUT2D eigenvalue weighted by molar-refractivity contribution is 7.92. The molecule has 7 heteroatoms. The van der Waals surface area contributed by atoms with Crippen molar-refractivity contribution in [2.75, 3.05) is 17.1 Å². The van der Waals surface area contributed by atoms with Gasteiger partial charge >= 0.3 is 0 Å². The number of benzene rings is 2. The fourth-order valence-corrected chi connectivity index (χ4v) is 4.09. The van der Waals surface area contributed by atoms with Gasteiger partial charge in [0.2, 0.25) is 10.0 Å². The lowest BCUT2D eigenvalue weighted by atomic mass is 10.1. The van der Waals surface area contributed by atoms with Gasteiger partial charge in [0.15, 0.2) is 6.10 Å². The molecule has 3 rings (SSSR count). The SMILES string of the molecule is Cc1ccc2c(c1)N(S(C)(=O)=O)CC[C@@H](C(=O)N[C@H](C)c1ccccc1)O2. The standard InChI is InChI=1S/C20H24N2O4S/c1-14-9-10-18-17(13-14)22(27(3,24)25)12-11-19(26-18)20(23)21-15(2)16-7-5-4-6-8-16/h4-10,13,15,19H,11-12H2,1-3H3,(H,21,23)/t15-,19+/m1/s1. The van der Waals surface area contributed by atoms with Gasteiger partial charge in [-0.25, -0.2) is 8.42 Å². The van der Waals surface area contributed by atoms with Crippen LogP contribution in [0.5, 0.6) is 5.75 Å². The number of nitrogens with one attached hydrogen (secondary N) is 1. The van der Waals surface area contributed by atoms with Crippen molar-refractivity contribution in [3.8, 4) is 5.75 Å². The molecule has 0 spiro atoms. The maximum absolute atomic E-state index is 12.8. The summed E-state index contributed by atoms with van der Waals surface area (Å²) in [6, 6.07) is 14.8. The Morgan fingerprint density at radius 3 is 2.59 bits per heavy atom. The number of rotatable bonds is 4. The summed E-state index contributed by atoms with van der Waals surface area (Å²) in [6.45, 7) is 3.98. The molecule has 1 N–H and O–H groups in total. The molecule has 144 valence electrons. The van der Waals surface area contributed by atoms with Crippen molar-refractivity contribution in [1.82, 2.24) is 5.32 Å². The summed E-state index contributed by atoms with van der Waals surface area (Å²) in [6.07, 6.45) is 0.676. The van der Waals surface area contributed by atoms with Crippen molar-refractivity contribution in [2.45, 2.75) is 32.4 Å². The van der Waals surface area contributed by atoms with Gasteiger partial charge in [-0.2, -0.15) is 0 Å². The van der Waals surface area contributed by atoms with E-state index in [2.05, 4.69) is 5.32 Å². The zero-order valence-corrected chi connectivity index (χ0v) is 16.5. The lowest BCUT2D eigenvalue weighted by molar-refractivity contribution is -0.128. The maximum atomic E-state index is 12.8. The largest absolute Gasteiger partial charge is 0.478 e. The number of fused-ring (bicyclic) bond motifs is 1. The molecule has 0 aliphatic carbocycles. The number of nitrogens with zero attached hydrogens (tertiary/aromatic N) is 1. The number of carbonyl (C=O) groups is 1. The average molecular weight is 388 g/mol. The van der Waals surface area contributed by atoms with E-state index in [4.69, 9.17) is 4.74 Å². The Hall–Kier alpha value is -2.54. The Kier molecular flexibility index (Phi) is 5.41. The molecule has 0 aromatic heterocycles. The molecule has 0 radical (unpaired) electrons. The molecule has 6 nitrogen and oxygen atoms in total. The van der Waals surface area contributed by atoms with Gasteiger partial charge < -0.3 is 10.1 Å². The highest BCUT2D eigenvalue weighted by atomic mass is 32.2. The molecular weight excluding hydrogens is 364 g/mol. The van der Waals surface area contributed by atoms with E-state index in [-0.39, 0.29) is 24.9 Å². The molecule has 27 heavy (non-hydrogen) atoms. The van der Waals surface area contributed by atoms with Crippen LogP contribution in [0.3, 0.4) is 0 Å². The van der Waals surface area contributed by atoms with Crippen LogP contribution in [0.25, 0.3) is 0 Å². The average Bonchev–Trinajstić information content (AvgIpc) is 2.81. The van der Waals surface area contributed by atoms with Crippen molar-refractivity contribution < 1.29 is 17.9 Å². The first-order valence-corrected chi connectivity index (χ1v) is 10.7. The van der Waals surface area contributed by atoms with Crippen LogP contribution >= 0.6 is 0 Å². The van der Waals surface area contributed by atoms with Gasteiger partial charge in [0.1, 0.15) is 5.75 Å². The number of carbonyl (C=O) groups excluding carboxylic acids is 1. The number of hydrogen-bond acceptors (Lipinski definition) is 4. The second kappa shape index (κ2) is 7.60. The fourth-order valence-electron chi connectivity index (χ4n) is 3.15. The third-order valence-electron chi connectivity index (χ3n) is 4.60. The summed E-state index contributed by atoms with van der Waals surface area (Å²) >= 11 is 0. The summed E-state index contributed by atoms with van der Waals surface area (Å²) in [5.74, 6) is 0.143. The number of aryl methyl sites for hydroxylation is 1. The number of anilines is 1. The summed E-state index contributed by atoms with van der Waals surface area (Å²) in [4.78, 5) is 12.8. The van der Waals surface area contributed by atoms with E-state index < -0.39 is 16.1 Å². The van der Waals surface area contributed by atoms with E-state index in [0.29, 0.717) is 11.4 Å². The lowest BCUT2D eigenvalue weighted by Gasteiger charge is -2.21. The van der Waals surface area contributed by atoms with E-state index in [1.54, 1.807) is 12.1 Å². The molecular formula is C20H24N2O4S. The van der Waals surface area contributed by atoms with E-state index in [1.165, 1.54) is 4.31 Å². The van der Waals surface area contributed by atoms with Crippen molar-refractivity contribution in [2.24, 2.45) is 0 Å². The normalized spacial score (nSPS) is 18.0. The minimum atomic E-state index is -3.47. The molecule has 1 amide bonds. The van der Waals surface area contributed by atoms with Gasteiger partial charge in [-0.1, -0.05) is 36.4 Å². The molecule has 0 saturated carbocycles. The highest BCUT2D eigenvalue weighted by Gasteiger charge is 2.31. The second-order valence-corrected chi connectivity index (χ2v) is 8.75. The van der Waals surface area contributed by atoms with Crippen LogP contribution in [-0.4, -0.2) is 33.2 Å². The molecule has 1 heterocycles. The molecule has 0 fully saturated rings. The molecule has 1 aliphatic heterocycles. The number of hydrogen-bond donors (Lipinski definition) is 1. The topological polar surface area (TPSA) is 75.7 Å². The molecule has 0 unspecified atom stereocenters. The molecule has 2 aromatic rings. The zero-order chi connectivity index (χ0) is 19.6. The third kappa shape index (κ3) is 4.42. The molecule has 1 aliphatic rings. The third-order valence-corrected chi connectivity index (χ3v) is 5.78. The van der Waals surface area contributed by atoms with Gasteiger partial charge in [-0.05, 0) is 37.1 Å². The van der Waals surface area contributed by atoms with Crippen LogP contribution in [0.4, 0.5) is 5.69 Å². The van der Waals surface area contributed by atoms with Gasteiger partial charge in [-0.15, -0.1) is 0 Å². The Bertz CT molecular complexity index is 928. The van der Waals surface area contributed by atoms with Crippen LogP contribution in [0.1, 0.15) is 30.5 Å². The van der Waals surface area contributed by atoms with Crippen molar-refractivity contribution in [3.63, 3.8) is 0 Å². The number of amides is 1. The van der Waals surface area contributed by atoms with Crippen LogP contribution < -0.4 is 14.4 Å². The Labute approximate surface area is 160 Å². The van der Waals surface area contributed by atoms with E-state index in [0.717, 1.165) is 17.4 Å². The smallest absolute Gasteiger partial charge is 0.261 e. The van der Waals surface area contributed by atoms with E-state index in [1.807, 2.05) is 50.2 Å². The molecule has 0 saturated heterocycles. The van der Waals surface area contributed by atoms with Gasteiger partial charge in [-0.3, -0.25) is 9.10 Å². The minimum absolute atomic E-state index is 0.172. The van der Waals surface area contributed by atoms with Crippen molar-refractivity contribution >= 4 is 21.6 Å². The first-order valence-electron chi connectivity index (χ1n) is 8.86. The van der Waals surface area contributed by atoms with E-state index >= 15 is 0 Å². The molecule has 2 atom stereocenters. The minimum Gasteiger partial charge on any atom is -0.478 e. The maximum Gasteiger partial charge on any atom is 0.261 e. The van der Waals surface area contributed by atoms with Gasteiger partial charge in [0.25, 0.3) is 5.91 Å². The fraction of sp³-hybridized carbons (Fsp3) is 0.350. The summed E-state index contributed by atoms with van der Waals surface area (Å²) in [7, 11) is -3.47. The first-order chi connectivity index (χ1) is 12.8. The second-order valence-electron chi connectivity index (χ2n) is 6.84. The van der Waals surface area contributed by atoms with Crippen LogP contribution in [0, 0.1) is 6.92 Å². The molecule has 0 bridgehead atoms. The summed E-state index contributed by atoms with van der Waals surface area (Å²) in [5, 5.41) is 2.96. The lowest BCUT2D eigenvalue weighted by Crippen LogP contribution is -2.40. The Morgan fingerprint density at radius 1 is 1.22 bits per heavy atom. The predicted octanol–water partition coefficient (Wildman–Crippen LogP) is 2.79. The number of sulfonamides is 1. The van der Waals surface area contributed by atoms with Gasteiger partial charge in [0.05, 0.1) is 18.0 Å². The summed E-state index contributed by atoms with van der Waals surface area (Å²) < 4.78 is 31.7. The van der Waals surface area contributed by atoms with Gasteiger partial charge in [0, 0.05) is 13.0 Å². The van der Waals surface area contributed by atoms with Crippen molar-refractivity contribution in [1.29, 1.82) is 0 Å². The Morgan fingerprint density at radius 2 is 1.93 bits per heavy atom. The van der Waals surface area contributed by atoms with Crippen molar-refractivity contribution in [3.05, 3.63) is 59.7 Å². The summed E-state index contributed by atoms with van der Waals surface area (Å²) in [5.41, 5.74) is 2.39. The monoisotopic (exact) mass is 388 g/mol. The highest BCUT2D eigenvalue weighted by Crippen LogP contribution is 2.35. The predicted molar refractivity (Wildman–Crippen MR) is 105 cm³/mol. The van der Waals surface area contributed by atoms with Crippen LogP contribution in [0.15, 0.2) is 48.5 Å². The van der Waals surface area contributed by atoms with Crippen LogP contribution in [0.2, 0.25) is 0 Å². The quantitative estimate of drug-likeness (QED) is 0.874. The Balaban J connectivity index is 1.82. The van der Waals surface area contributed by atoms with E-state index in [9.17, 15) is 13.2 Å².